The lowest BCUT2D eigenvalue weighted by atomic mass is 10.2. The van der Waals surface area contributed by atoms with E-state index in [2.05, 4.69) is 0 Å². The lowest BCUT2D eigenvalue weighted by Gasteiger charge is -2.10. The molecule has 8 heteroatoms. The molecule has 0 fully saturated rings. The Morgan fingerprint density at radius 3 is 2.27 bits per heavy atom. The van der Waals surface area contributed by atoms with Crippen molar-refractivity contribution < 1.29 is 22.0 Å². The molecular formula is C7H3ClF5NO. The summed E-state index contributed by atoms with van der Waals surface area (Å²) in [7, 11) is 0. The fraction of sp³-hybridized carbons (Fsp3) is 0.286. The van der Waals surface area contributed by atoms with Crippen molar-refractivity contribution in [2.75, 3.05) is 0 Å². The van der Waals surface area contributed by atoms with Crippen molar-refractivity contribution in [3.05, 3.63) is 32.7 Å². The van der Waals surface area contributed by atoms with Crippen LogP contribution in [0.3, 0.4) is 0 Å². The summed E-state index contributed by atoms with van der Waals surface area (Å²) in [6.45, 7) is 0. The third-order valence-corrected chi connectivity index (χ3v) is 1.93. The summed E-state index contributed by atoms with van der Waals surface area (Å²) >= 11 is 5.09. The summed E-state index contributed by atoms with van der Waals surface area (Å²) in [6, 6.07) is 0.336. The van der Waals surface area contributed by atoms with Crippen molar-refractivity contribution in [3.63, 3.8) is 0 Å². The molecule has 1 rings (SSSR count). The minimum atomic E-state index is -4.97. The summed E-state index contributed by atoms with van der Waals surface area (Å²) in [6.07, 6.45) is -8.21. The van der Waals surface area contributed by atoms with Crippen molar-refractivity contribution in [1.82, 2.24) is 4.98 Å². The molecule has 0 spiro atoms. The quantitative estimate of drug-likeness (QED) is 0.761. The van der Waals surface area contributed by atoms with Crippen molar-refractivity contribution >= 4 is 11.6 Å². The van der Waals surface area contributed by atoms with Crippen LogP contribution in [-0.2, 0) is 6.18 Å². The Kier molecular flexibility index (Phi) is 3.03. The van der Waals surface area contributed by atoms with Gasteiger partial charge in [0, 0.05) is 11.6 Å². The zero-order chi connectivity index (χ0) is 11.8. The highest BCUT2D eigenvalue weighted by atomic mass is 35.5. The smallest absolute Gasteiger partial charge is 0.317 e. The van der Waals surface area contributed by atoms with Gasteiger partial charge >= 0.3 is 6.18 Å². The molecule has 0 saturated carbocycles. The molecule has 84 valence electrons. The predicted octanol–water partition coefficient (Wildman–Crippen LogP) is 2.98. The summed E-state index contributed by atoms with van der Waals surface area (Å²) in [4.78, 5) is 12.0. The van der Waals surface area contributed by atoms with Gasteiger partial charge in [0.1, 0.15) is 5.69 Å². The molecule has 0 aliphatic carbocycles. The number of nitrogens with one attached hydrogen (secondary N) is 1. The van der Waals surface area contributed by atoms with Gasteiger partial charge in [-0.3, -0.25) is 4.79 Å². The summed E-state index contributed by atoms with van der Waals surface area (Å²) in [5.74, 6) is 0. The van der Waals surface area contributed by atoms with Gasteiger partial charge in [0.25, 0.3) is 6.43 Å². The highest BCUT2D eigenvalue weighted by Crippen LogP contribution is 2.36. The molecule has 0 radical (unpaired) electrons. The molecule has 1 aromatic heterocycles. The van der Waals surface area contributed by atoms with E-state index in [-0.39, 0.29) is 0 Å². The minimum Gasteiger partial charge on any atom is -0.317 e. The zero-order valence-electron chi connectivity index (χ0n) is 6.83. The van der Waals surface area contributed by atoms with Crippen LogP contribution in [0.1, 0.15) is 17.7 Å². The lowest BCUT2D eigenvalue weighted by molar-refractivity contribution is -0.141. The minimum absolute atomic E-state index is 0.336. The van der Waals surface area contributed by atoms with Gasteiger partial charge in [-0.2, -0.15) is 13.2 Å². The Morgan fingerprint density at radius 2 is 1.87 bits per heavy atom. The number of hydrogen-bond acceptors (Lipinski definition) is 1. The molecule has 1 aromatic rings. The number of alkyl halides is 5. The van der Waals surface area contributed by atoms with Crippen molar-refractivity contribution in [2.45, 2.75) is 12.6 Å². The Balaban J connectivity index is 3.49. The number of hydrogen-bond donors (Lipinski definition) is 1. The van der Waals surface area contributed by atoms with Gasteiger partial charge in [-0.05, 0) is 0 Å². The first-order valence-corrected chi connectivity index (χ1v) is 3.89. The second-order valence-electron chi connectivity index (χ2n) is 2.58. The van der Waals surface area contributed by atoms with E-state index in [1.807, 2.05) is 0 Å². The number of H-pyrrole nitrogens is 1. The highest BCUT2D eigenvalue weighted by Gasteiger charge is 2.36. The van der Waals surface area contributed by atoms with Gasteiger partial charge in [-0.25, -0.2) is 8.78 Å². The van der Waals surface area contributed by atoms with Crippen LogP contribution in [0.15, 0.2) is 10.9 Å². The third kappa shape index (κ3) is 2.47. The van der Waals surface area contributed by atoms with Gasteiger partial charge < -0.3 is 4.98 Å². The summed E-state index contributed by atoms with van der Waals surface area (Å²) < 4.78 is 60.9. The molecule has 1 N–H and O–H groups in total. The Hall–Kier alpha value is -1.11. The van der Waals surface area contributed by atoms with E-state index in [0.29, 0.717) is 6.07 Å². The monoisotopic (exact) mass is 247 g/mol. The molecule has 0 atom stereocenters. The maximum atomic E-state index is 12.2. The Bertz CT molecular complexity index is 424. The molecule has 0 bridgehead atoms. The average Bonchev–Trinajstić information content (AvgIpc) is 2.06. The molecule has 0 aliphatic rings. The van der Waals surface area contributed by atoms with Gasteiger partial charge in [0.05, 0.1) is 5.02 Å². The van der Waals surface area contributed by atoms with Gasteiger partial charge in [-0.15, -0.1) is 0 Å². The van der Waals surface area contributed by atoms with Crippen LogP contribution in [0, 0.1) is 0 Å². The van der Waals surface area contributed by atoms with Crippen LogP contribution in [0.25, 0.3) is 0 Å². The largest absolute Gasteiger partial charge is 0.432 e. The highest BCUT2D eigenvalue weighted by molar-refractivity contribution is 6.32. The number of rotatable bonds is 1. The third-order valence-electron chi connectivity index (χ3n) is 1.53. The maximum Gasteiger partial charge on any atom is 0.432 e. The fourth-order valence-electron chi connectivity index (χ4n) is 0.917. The Morgan fingerprint density at radius 1 is 1.33 bits per heavy atom. The summed E-state index contributed by atoms with van der Waals surface area (Å²) in [5.41, 5.74) is -4.07. The second-order valence-corrected chi connectivity index (χ2v) is 2.95. The molecule has 2 nitrogen and oxygen atoms in total. The molecule has 0 aromatic carbocycles. The molecule has 0 amide bonds. The van der Waals surface area contributed by atoms with Crippen LogP contribution in [0.2, 0.25) is 5.02 Å². The van der Waals surface area contributed by atoms with E-state index >= 15 is 0 Å². The topological polar surface area (TPSA) is 32.9 Å². The average molecular weight is 248 g/mol. The van der Waals surface area contributed by atoms with Gasteiger partial charge in [0.15, 0.2) is 0 Å². The zero-order valence-corrected chi connectivity index (χ0v) is 7.59. The van der Waals surface area contributed by atoms with E-state index in [1.54, 1.807) is 0 Å². The van der Waals surface area contributed by atoms with Crippen LogP contribution >= 0.6 is 11.6 Å². The number of aromatic amines is 1. The second kappa shape index (κ2) is 3.80. The van der Waals surface area contributed by atoms with Crippen LogP contribution in [0.5, 0.6) is 0 Å². The van der Waals surface area contributed by atoms with Gasteiger partial charge in [0.2, 0.25) is 5.56 Å². The Labute approximate surface area is 84.7 Å². The number of halogens is 6. The molecular weight excluding hydrogens is 245 g/mol. The van der Waals surface area contributed by atoms with Crippen molar-refractivity contribution in [2.24, 2.45) is 0 Å². The fourth-order valence-corrected chi connectivity index (χ4v) is 1.21. The standard InChI is InChI=1S/C7H3ClF5NO/c8-4-2(6(9)10)1-3(15)14-5(4)7(11,12)13/h1,6H,(H,14,15). The molecule has 0 saturated heterocycles. The first-order chi connectivity index (χ1) is 6.73. The van der Waals surface area contributed by atoms with Crippen LogP contribution in [0.4, 0.5) is 22.0 Å². The van der Waals surface area contributed by atoms with Crippen LogP contribution < -0.4 is 5.56 Å². The first kappa shape index (κ1) is 12.0. The van der Waals surface area contributed by atoms with Gasteiger partial charge in [-0.1, -0.05) is 11.6 Å². The molecule has 0 unspecified atom stereocenters. The van der Waals surface area contributed by atoms with E-state index in [4.69, 9.17) is 11.6 Å². The first-order valence-electron chi connectivity index (χ1n) is 3.51. The van der Waals surface area contributed by atoms with E-state index < -0.39 is 34.4 Å². The SMILES string of the molecule is O=c1cc(C(F)F)c(Cl)c(C(F)(F)F)[nH]1. The number of aromatic nitrogens is 1. The van der Waals surface area contributed by atoms with E-state index in [0.717, 1.165) is 0 Å². The van der Waals surface area contributed by atoms with Crippen LogP contribution in [-0.4, -0.2) is 4.98 Å². The number of pyridine rings is 1. The van der Waals surface area contributed by atoms with E-state index in [1.165, 1.54) is 4.98 Å². The molecule has 0 aliphatic heterocycles. The lowest BCUT2D eigenvalue weighted by Crippen LogP contribution is -2.18. The predicted molar refractivity (Wildman–Crippen MR) is 42.0 cm³/mol. The van der Waals surface area contributed by atoms with Crippen molar-refractivity contribution in [3.8, 4) is 0 Å². The summed E-state index contributed by atoms with van der Waals surface area (Å²) in [5, 5.41) is -1.18. The maximum absolute atomic E-state index is 12.2. The van der Waals surface area contributed by atoms with Crippen molar-refractivity contribution in [1.29, 1.82) is 0 Å². The normalized spacial score (nSPS) is 12.2. The molecule has 15 heavy (non-hydrogen) atoms. The molecule has 1 heterocycles. The van der Waals surface area contributed by atoms with E-state index in [9.17, 15) is 26.7 Å².